The third-order valence-corrected chi connectivity index (χ3v) is 4.67. The van der Waals surface area contributed by atoms with Crippen molar-refractivity contribution < 1.29 is 9.50 Å². The Morgan fingerprint density at radius 2 is 2.10 bits per heavy atom. The van der Waals surface area contributed by atoms with Crippen LogP contribution in [0.4, 0.5) is 4.39 Å². The van der Waals surface area contributed by atoms with E-state index < -0.39 is 11.4 Å². The first kappa shape index (κ1) is 16.1. The van der Waals surface area contributed by atoms with E-state index in [-0.39, 0.29) is 0 Å². The minimum Gasteiger partial charge on any atom is -0.383 e. The van der Waals surface area contributed by atoms with Crippen molar-refractivity contribution in [3.05, 3.63) is 45.7 Å². The number of halogens is 2. The first-order valence-corrected chi connectivity index (χ1v) is 7.75. The summed E-state index contributed by atoms with van der Waals surface area (Å²) < 4.78 is 15.7. The van der Waals surface area contributed by atoms with Gasteiger partial charge in [0.2, 0.25) is 0 Å². The second-order valence-corrected chi connectivity index (χ2v) is 5.90. The molecule has 0 saturated carbocycles. The Morgan fingerprint density at radius 3 is 2.57 bits per heavy atom. The summed E-state index contributed by atoms with van der Waals surface area (Å²) in [6.07, 6.45) is 2.79. The lowest BCUT2D eigenvalue weighted by Gasteiger charge is -2.26. The molecule has 0 fully saturated rings. The van der Waals surface area contributed by atoms with Crippen LogP contribution in [0.25, 0.3) is 0 Å². The topological polar surface area (TPSA) is 50.9 Å². The SMILES string of the molecule is CCc1nn(C)c(CC(O)(CC)c2ccc(F)cn2)c1Br. The van der Waals surface area contributed by atoms with E-state index in [1.807, 2.05) is 20.9 Å². The van der Waals surface area contributed by atoms with Crippen molar-refractivity contribution in [2.75, 3.05) is 0 Å². The van der Waals surface area contributed by atoms with Gasteiger partial charge in [0.1, 0.15) is 11.4 Å². The maximum atomic E-state index is 13.0. The number of rotatable bonds is 5. The number of aromatic nitrogens is 3. The summed E-state index contributed by atoms with van der Waals surface area (Å²) in [6, 6.07) is 2.85. The van der Waals surface area contributed by atoms with Crippen LogP contribution in [0.1, 0.15) is 37.4 Å². The van der Waals surface area contributed by atoms with Gasteiger partial charge in [-0.15, -0.1) is 0 Å². The van der Waals surface area contributed by atoms with Crippen molar-refractivity contribution in [3.8, 4) is 0 Å². The zero-order chi connectivity index (χ0) is 15.6. The number of pyridine rings is 1. The highest BCUT2D eigenvalue weighted by molar-refractivity contribution is 9.10. The van der Waals surface area contributed by atoms with E-state index in [1.54, 1.807) is 4.68 Å². The third kappa shape index (κ3) is 3.16. The maximum Gasteiger partial charge on any atom is 0.141 e. The van der Waals surface area contributed by atoms with Gasteiger partial charge in [-0.2, -0.15) is 5.10 Å². The first-order chi connectivity index (χ1) is 9.91. The van der Waals surface area contributed by atoms with Crippen molar-refractivity contribution in [2.45, 2.75) is 38.7 Å². The Kier molecular flexibility index (Phi) is 4.78. The normalized spacial score (nSPS) is 14.2. The van der Waals surface area contributed by atoms with Crippen LogP contribution in [0, 0.1) is 5.82 Å². The van der Waals surface area contributed by atoms with E-state index in [0.717, 1.165) is 28.5 Å². The fraction of sp³-hybridized carbons (Fsp3) is 0.467. The highest BCUT2D eigenvalue weighted by Crippen LogP contribution is 2.32. The van der Waals surface area contributed by atoms with E-state index in [4.69, 9.17) is 0 Å². The number of hydrogen-bond acceptors (Lipinski definition) is 3. The summed E-state index contributed by atoms with van der Waals surface area (Å²) in [6.45, 7) is 3.92. The third-order valence-electron chi connectivity index (χ3n) is 3.75. The summed E-state index contributed by atoms with van der Waals surface area (Å²) >= 11 is 3.55. The van der Waals surface area contributed by atoms with Crippen molar-refractivity contribution in [3.63, 3.8) is 0 Å². The molecule has 0 amide bonds. The number of hydrogen-bond donors (Lipinski definition) is 1. The molecule has 0 aliphatic rings. The van der Waals surface area contributed by atoms with Gasteiger partial charge in [0, 0.05) is 13.5 Å². The average Bonchev–Trinajstić information content (AvgIpc) is 2.75. The van der Waals surface area contributed by atoms with E-state index in [1.165, 1.54) is 12.1 Å². The van der Waals surface area contributed by atoms with Crippen LogP contribution in [-0.4, -0.2) is 19.9 Å². The zero-order valence-electron chi connectivity index (χ0n) is 12.4. The van der Waals surface area contributed by atoms with Gasteiger partial charge < -0.3 is 5.11 Å². The van der Waals surface area contributed by atoms with Crippen LogP contribution in [0.5, 0.6) is 0 Å². The second kappa shape index (κ2) is 6.23. The maximum absolute atomic E-state index is 13.0. The van der Waals surface area contributed by atoms with Gasteiger partial charge in [0.15, 0.2) is 0 Å². The predicted molar refractivity (Wildman–Crippen MR) is 82.4 cm³/mol. The fourth-order valence-electron chi connectivity index (χ4n) is 2.34. The molecular weight excluding hydrogens is 337 g/mol. The first-order valence-electron chi connectivity index (χ1n) is 6.96. The van der Waals surface area contributed by atoms with Crippen LogP contribution < -0.4 is 0 Å². The summed E-state index contributed by atoms with van der Waals surface area (Å²) in [5.74, 6) is -0.410. The predicted octanol–water partition coefficient (Wildman–Crippen LogP) is 3.12. The highest BCUT2D eigenvalue weighted by atomic mass is 79.9. The zero-order valence-corrected chi connectivity index (χ0v) is 14.0. The lowest BCUT2D eigenvalue weighted by Crippen LogP contribution is -2.30. The largest absolute Gasteiger partial charge is 0.383 e. The molecule has 2 rings (SSSR count). The summed E-state index contributed by atoms with van der Waals surface area (Å²) in [5.41, 5.74) is 1.19. The molecule has 1 atom stereocenters. The molecule has 2 aromatic rings. The van der Waals surface area contributed by atoms with Crippen LogP contribution in [0.2, 0.25) is 0 Å². The van der Waals surface area contributed by atoms with Gasteiger partial charge in [-0.3, -0.25) is 9.67 Å². The lowest BCUT2D eigenvalue weighted by atomic mass is 9.90. The monoisotopic (exact) mass is 355 g/mol. The molecule has 0 saturated heterocycles. The van der Waals surface area contributed by atoms with Crippen LogP contribution in [-0.2, 0) is 25.5 Å². The van der Waals surface area contributed by atoms with E-state index in [0.29, 0.717) is 18.5 Å². The Hall–Kier alpha value is -1.27. The molecule has 1 unspecified atom stereocenters. The molecule has 6 heteroatoms. The molecule has 1 N–H and O–H groups in total. The quantitative estimate of drug-likeness (QED) is 0.896. The van der Waals surface area contributed by atoms with Crippen molar-refractivity contribution >= 4 is 15.9 Å². The lowest BCUT2D eigenvalue weighted by molar-refractivity contribution is 0.0262. The molecule has 2 heterocycles. The van der Waals surface area contributed by atoms with Gasteiger partial charge in [0.05, 0.1) is 27.8 Å². The Morgan fingerprint density at radius 1 is 1.38 bits per heavy atom. The highest BCUT2D eigenvalue weighted by Gasteiger charge is 2.32. The standard InChI is InChI=1S/C15H19BrFN3O/c1-4-11-14(16)12(20(3)19-11)8-15(21,5-2)13-7-6-10(17)9-18-13/h6-7,9,21H,4-5,8H2,1-3H3. The van der Waals surface area contributed by atoms with Crippen LogP contribution in [0.15, 0.2) is 22.8 Å². The van der Waals surface area contributed by atoms with Gasteiger partial charge in [0.25, 0.3) is 0 Å². The summed E-state index contributed by atoms with van der Waals surface area (Å²) in [7, 11) is 1.85. The number of aryl methyl sites for hydroxylation is 2. The minimum atomic E-state index is -1.14. The molecule has 0 aliphatic carbocycles. The molecule has 4 nitrogen and oxygen atoms in total. The van der Waals surface area contributed by atoms with E-state index in [2.05, 4.69) is 26.0 Å². The van der Waals surface area contributed by atoms with E-state index >= 15 is 0 Å². The average molecular weight is 356 g/mol. The summed E-state index contributed by atoms with van der Waals surface area (Å²) in [4.78, 5) is 4.03. The molecule has 0 radical (unpaired) electrons. The van der Waals surface area contributed by atoms with Crippen LogP contribution in [0.3, 0.4) is 0 Å². The van der Waals surface area contributed by atoms with Gasteiger partial charge in [-0.1, -0.05) is 13.8 Å². The van der Waals surface area contributed by atoms with Crippen molar-refractivity contribution in [1.82, 2.24) is 14.8 Å². The molecule has 0 bridgehead atoms. The van der Waals surface area contributed by atoms with Crippen molar-refractivity contribution in [1.29, 1.82) is 0 Å². The fourth-order valence-corrected chi connectivity index (χ4v) is 3.09. The van der Waals surface area contributed by atoms with Crippen LogP contribution >= 0.6 is 15.9 Å². The molecule has 21 heavy (non-hydrogen) atoms. The molecule has 0 aromatic carbocycles. The smallest absolute Gasteiger partial charge is 0.141 e. The molecule has 0 spiro atoms. The molecule has 2 aromatic heterocycles. The molecule has 0 aliphatic heterocycles. The second-order valence-electron chi connectivity index (χ2n) is 5.11. The van der Waals surface area contributed by atoms with Gasteiger partial charge >= 0.3 is 0 Å². The summed E-state index contributed by atoms with van der Waals surface area (Å²) in [5, 5.41) is 15.4. The molecule has 114 valence electrons. The minimum absolute atomic E-state index is 0.367. The Bertz CT molecular complexity index is 627. The molecular formula is C15H19BrFN3O. The van der Waals surface area contributed by atoms with Gasteiger partial charge in [-0.25, -0.2) is 4.39 Å². The number of nitrogens with zero attached hydrogens (tertiary/aromatic N) is 3. The van der Waals surface area contributed by atoms with Crippen molar-refractivity contribution in [2.24, 2.45) is 7.05 Å². The van der Waals surface area contributed by atoms with Gasteiger partial charge in [-0.05, 0) is 40.9 Å². The Balaban J connectivity index is 2.38. The number of aliphatic hydroxyl groups is 1. The Labute approximate surface area is 132 Å². The van der Waals surface area contributed by atoms with E-state index in [9.17, 15) is 9.50 Å².